The fourth-order valence-electron chi connectivity index (χ4n) is 2.32. The van der Waals surface area contributed by atoms with Crippen LogP contribution in [0.1, 0.15) is 24.0 Å². The Morgan fingerprint density at radius 3 is 2.70 bits per heavy atom. The molecule has 1 aromatic carbocycles. The fraction of sp³-hybridized carbons (Fsp3) is 0.412. The summed E-state index contributed by atoms with van der Waals surface area (Å²) >= 11 is 0. The van der Waals surface area contributed by atoms with Crippen LogP contribution in [0.2, 0.25) is 0 Å². The van der Waals surface area contributed by atoms with E-state index in [1.807, 2.05) is 16.9 Å². The predicted molar refractivity (Wildman–Crippen MR) is 104 cm³/mol. The summed E-state index contributed by atoms with van der Waals surface area (Å²) < 4.78 is 1.97. The first-order valence-corrected chi connectivity index (χ1v) is 7.83. The number of aliphatic imine (C=N–C) groups is 1. The second-order valence-electron chi connectivity index (χ2n) is 5.78. The Hall–Kier alpha value is -1.57. The molecule has 1 aliphatic rings. The highest BCUT2D eigenvalue weighted by Crippen LogP contribution is 2.27. The van der Waals surface area contributed by atoms with Crippen LogP contribution >= 0.6 is 24.0 Å². The fourth-order valence-corrected chi connectivity index (χ4v) is 2.32. The average molecular weight is 425 g/mol. The summed E-state index contributed by atoms with van der Waals surface area (Å²) in [5.41, 5.74) is 2.41. The Morgan fingerprint density at radius 2 is 2.00 bits per heavy atom. The quantitative estimate of drug-likeness (QED) is 0.425. The van der Waals surface area contributed by atoms with E-state index in [0.29, 0.717) is 0 Å². The molecule has 1 aromatic heterocycles. The van der Waals surface area contributed by atoms with E-state index in [-0.39, 0.29) is 24.0 Å². The standard InChI is InChI=1S/C17H23N5.HI/c1-18-17(19-9-14-7-8-14)20-10-16-11-21-22(13-16)12-15-5-3-2-4-6-15;/h2-6,11,13-14H,7-10,12H2,1H3,(H2,18,19,20);1H. The molecule has 1 fully saturated rings. The van der Waals surface area contributed by atoms with Crippen molar-refractivity contribution in [2.75, 3.05) is 13.6 Å². The summed E-state index contributed by atoms with van der Waals surface area (Å²) in [5.74, 6) is 1.70. The minimum Gasteiger partial charge on any atom is -0.356 e. The van der Waals surface area contributed by atoms with Crippen molar-refractivity contribution in [2.45, 2.75) is 25.9 Å². The minimum absolute atomic E-state index is 0. The van der Waals surface area contributed by atoms with Crippen LogP contribution in [-0.4, -0.2) is 29.3 Å². The van der Waals surface area contributed by atoms with E-state index in [1.54, 1.807) is 7.05 Å². The van der Waals surface area contributed by atoms with Crippen LogP contribution in [0.15, 0.2) is 47.7 Å². The van der Waals surface area contributed by atoms with Gasteiger partial charge in [0.1, 0.15) is 0 Å². The normalized spacial score (nSPS) is 14.2. The SMILES string of the molecule is CN=C(NCc1cnn(Cc2ccccc2)c1)NCC1CC1.I. The first-order valence-electron chi connectivity index (χ1n) is 7.83. The van der Waals surface area contributed by atoms with Gasteiger partial charge in [0.25, 0.3) is 0 Å². The number of nitrogens with zero attached hydrogens (tertiary/aromatic N) is 3. The number of nitrogens with one attached hydrogen (secondary N) is 2. The second kappa shape index (κ2) is 8.90. The molecule has 6 heteroatoms. The van der Waals surface area contributed by atoms with Crippen molar-refractivity contribution in [1.29, 1.82) is 0 Å². The third-order valence-electron chi connectivity index (χ3n) is 3.81. The molecule has 124 valence electrons. The van der Waals surface area contributed by atoms with E-state index in [9.17, 15) is 0 Å². The third-order valence-corrected chi connectivity index (χ3v) is 3.81. The van der Waals surface area contributed by atoms with Crippen molar-refractivity contribution in [3.8, 4) is 0 Å². The third kappa shape index (κ3) is 5.85. The number of hydrogen-bond donors (Lipinski definition) is 2. The molecular formula is C17H24IN5. The molecule has 0 amide bonds. The zero-order valence-electron chi connectivity index (χ0n) is 13.4. The molecule has 2 aromatic rings. The Labute approximate surface area is 154 Å². The topological polar surface area (TPSA) is 54.2 Å². The van der Waals surface area contributed by atoms with Gasteiger partial charge in [0.15, 0.2) is 5.96 Å². The summed E-state index contributed by atoms with van der Waals surface area (Å²) in [6.45, 7) is 2.56. The van der Waals surface area contributed by atoms with Gasteiger partial charge in [-0.2, -0.15) is 5.10 Å². The zero-order valence-corrected chi connectivity index (χ0v) is 15.7. The summed E-state index contributed by atoms with van der Waals surface area (Å²) in [6, 6.07) is 10.4. The average Bonchev–Trinajstić information content (AvgIpc) is 3.28. The molecule has 1 aliphatic carbocycles. The van der Waals surface area contributed by atoms with E-state index in [4.69, 9.17) is 0 Å². The Kier molecular flexibility index (Phi) is 6.88. The molecule has 3 rings (SSSR count). The number of hydrogen-bond acceptors (Lipinski definition) is 2. The molecule has 0 unspecified atom stereocenters. The van der Waals surface area contributed by atoms with E-state index >= 15 is 0 Å². The van der Waals surface area contributed by atoms with Crippen LogP contribution in [0, 0.1) is 5.92 Å². The molecular weight excluding hydrogens is 401 g/mol. The Morgan fingerprint density at radius 1 is 1.22 bits per heavy atom. The number of rotatable bonds is 6. The molecule has 0 aliphatic heterocycles. The van der Waals surface area contributed by atoms with Gasteiger partial charge in [-0.15, -0.1) is 24.0 Å². The summed E-state index contributed by atoms with van der Waals surface area (Å²) in [6.07, 6.45) is 6.67. The van der Waals surface area contributed by atoms with Crippen molar-refractivity contribution in [1.82, 2.24) is 20.4 Å². The first kappa shape index (κ1) is 17.8. The Balaban J connectivity index is 0.00000192. The second-order valence-corrected chi connectivity index (χ2v) is 5.78. The lowest BCUT2D eigenvalue weighted by Crippen LogP contribution is -2.37. The largest absolute Gasteiger partial charge is 0.356 e. The van der Waals surface area contributed by atoms with Gasteiger partial charge >= 0.3 is 0 Å². The van der Waals surface area contributed by atoms with E-state index in [2.05, 4.69) is 51.2 Å². The highest BCUT2D eigenvalue weighted by molar-refractivity contribution is 14.0. The summed E-state index contributed by atoms with van der Waals surface area (Å²) in [7, 11) is 1.81. The van der Waals surface area contributed by atoms with Crippen molar-refractivity contribution in [3.05, 3.63) is 53.9 Å². The van der Waals surface area contributed by atoms with Gasteiger partial charge < -0.3 is 10.6 Å². The molecule has 0 radical (unpaired) electrons. The zero-order chi connectivity index (χ0) is 15.2. The van der Waals surface area contributed by atoms with Crippen molar-refractivity contribution in [3.63, 3.8) is 0 Å². The van der Waals surface area contributed by atoms with Gasteiger partial charge in [-0.3, -0.25) is 9.67 Å². The smallest absolute Gasteiger partial charge is 0.191 e. The van der Waals surface area contributed by atoms with E-state index in [0.717, 1.165) is 37.1 Å². The van der Waals surface area contributed by atoms with Crippen molar-refractivity contribution < 1.29 is 0 Å². The molecule has 0 bridgehead atoms. The van der Waals surface area contributed by atoms with Gasteiger partial charge in [-0.05, 0) is 24.3 Å². The summed E-state index contributed by atoms with van der Waals surface area (Å²) in [5, 5.41) is 11.1. The maximum absolute atomic E-state index is 4.42. The highest BCUT2D eigenvalue weighted by atomic mass is 127. The highest BCUT2D eigenvalue weighted by Gasteiger charge is 2.20. The van der Waals surface area contributed by atoms with Crippen molar-refractivity contribution in [2.24, 2.45) is 10.9 Å². The molecule has 1 heterocycles. The van der Waals surface area contributed by atoms with Gasteiger partial charge in [-0.1, -0.05) is 30.3 Å². The Bertz CT molecular complexity index is 619. The number of guanidine groups is 1. The van der Waals surface area contributed by atoms with Gasteiger partial charge in [0.2, 0.25) is 0 Å². The summed E-state index contributed by atoms with van der Waals surface area (Å²) in [4.78, 5) is 4.24. The molecule has 1 saturated carbocycles. The number of benzene rings is 1. The number of aromatic nitrogens is 2. The van der Waals surface area contributed by atoms with Gasteiger partial charge in [0, 0.05) is 31.9 Å². The van der Waals surface area contributed by atoms with Crippen LogP contribution in [0.25, 0.3) is 0 Å². The molecule has 5 nitrogen and oxygen atoms in total. The molecule has 0 atom stereocenters. The molecule has 0 saturated heterocycles. The lowest BCUT2D eigenvalue weighted by Gasteiger charge is -2.10. The predicted octanol–water partition coefficient (Wildman–Crippen LogP) is 2.62. The molecule has 2 N–H and O–H groups in total. The van der Waals surface area contributed by atoms with Gasteiger partial charge in [0.05, 0.1) is 12.7 Å². The minimum atomic E-state index is 0. The monoisotopic (exact) mass is 425 g/mol. The van der Waals surface area contributed by atoms with Crippen LogP contribution in [0.5, 0.6) is 0 Å². The lowest BCUT2D eigenvalue weighted by atomic mass is 10.2. The van der Waals surface area contributed by atoms with E-state index in [1.165, 1.54) is 18.4 Å². The number of halogens is 1. The first-order chi connectivity index (χ1) is 10.8. The maximum Gasteiger partial charge on any atom is 0.191 e. The molecule has 23 heavy (non-hydrogen) atoms. The van der Waals surface area contributed by atoms with Gasteiger partial charge in [-0.25, -0.2) is 0 Å². The van der Waals surface area contributed by atoms with Crippen LogP contribution in [0.4, 0.5) is 0 Å². The van der Waals surface area contributed by atoms with Crippen LogP contribution < -0.4 is 10.6 Å². The van der Waals surface area contributed by atoms with E-state index < -0.39 is 0 Å². The molecule has 0 spiro atoms. The van der Waals surface area contributed by atoms with Crippen LogP contribution in [-0.2, 0) is 13.1 Å². The lowest BCUT2D eigenvalue weighted by molar-refractivity contribution is 0.685. The maximum atomic E-state index is 4.42. The van der Waals surface area contributed by atoms with Crippen LogP contribution in [0.3, 0.4) is 0 Å². The van der Waals surface area contributed by atoms with Crippen molar-refractivity contribution >= 4 is 29.9 Å².